The van der Waals surface area contributed by atoms with E-state index in [0.29, 0.717) is 12.8 Å². The quantitative estimate of drug-likeness (QED) is 0.840. The van der Waals surface area contributed by atoms with Crippen LogP contribution in [-0.4, -0.2) is 28.4 Å². The van der Waals surface area contributed by atoms with E-state index in [1.165, 1.54) is 4.90 Å². The Hall–Kier alpha value is -1.98. The summed E-state index contributed by atoms with van der Waals surface area (Å²) in [5.41, 5.74) is -0.888. The second kappa shape index (κ2) is 4.26. The molecule has 0 aromatic heterocycles. The molecule has 1 aromatic rings. The van der Waals surface area contributed by atoms with Gasteiger partial charge < -0.3 is 10.0 Å². The molecule has 0 saturated heterocycles. The lowest BCUT2D eigenvalue weighted by molar-refractivity contribution is -0.153. The van der Waals surface area contributed by atoms with Crippen molar-refractivity contribution in [2.45, 2.75) is 25.8 Å². The molecular weight excluding hydrogens is 268 g/mol. The van der Waals surface area contributed by atoms with Crippen molar-refractivity contribution < 1.29 is 23.5 Å². The number of benzene rings is 1. The Morgan fingerprint density at radius 2 is 1.75 bits per heavy atom. The third-order valence-corrected chi connectivity index (χ3v) is 4.15. The highest BCUT2D eigenvalue weighted by Gasteiger charge is 2.58. The van der Waals surface area contributed by atoms with Crippen LogP contribution in [0.2, 0.25) is 0 Å². The number of carbonyl (C=O) groups is 2. The van der Waals surface area contributed by atoms with Gasteiger partial charge in [-0.2, -0.15) is 0 Å². The highest BCUT2D eigenvalue weighted by atomic mass is 19.1. The van der Waals surface area contributed by atoms with Crippen molar-refractivity contribution >= 4 is 11.9 Å². The van der Waals surface area contributed by atoms with Gasteiger partial charge in [-0.3, -0.25) is 9.59 Å². The van der Waals surface area contributed by atoms with Crippen LogP contribution in [0.3, 0.4) is 0 Å². The van der Waals surface area contributed by atoms with E-state index >= 15 is 0 Å². The summed E-state index contributed by atoms with van der Waals surface area (Å²) in [4.78, 5) is 24.7. The Morgan fingerprint density at radius 3 is 2.30 bits per heavy atom. The maximum absolute atomic E-state index is 13.7. The number of hydrogen-bond donors (Lipinski definition) is 1. The fourth-order valence-electron chi connectivity index (χ4n) is 2.71. The molecule has 1 saturated carbocycles. The van der Waals surface area contributed by atoms with E-state index in [1.54, 1.807) is 0 Å². The van der Waals surface area contributed by atoms with Crippen molar-refractivity contribution in [1.29, 1.82) is 0 Å². The Kier molecular flexibility index (Phi) is 2.77. The minimum atomic E-state index is -1.33. The van der Waals surface area contributed by atoms with E-state index in [1.807, 2.05) is 0 Å². The topological polar surface area (TPSA) is 57.6 Å². The van der Waals surface area contributed by atoms with Gasteiger partial charge in [-0.25, -0.2) is 8.78 Å². The van der Waals surface area contributed by atoms with E-state index in [9.17, 15) is 18.4 Å². The van der Waals surface area contributed by atoms with Crippen LogP contribution < -0.4 is 0 Å². The monoisotopic (exact) mass is 281 g/mol. The molecule has 2 aliphatic rings. The van der Waals surface area contributed by atoms with Gasteiger partial charge >= 0.3 is 5.97 Å². The number of carboxylic acids is 1. The molecule has 1 fully saturated rings. The number of rotatable bonds is 2. The van der Waals surface area contributed by atoms with E-state index < -0.39 is 28.9 Å². The number of carbonyl (C=O) groups excluding carboxylic acids is 1. The molecular formula is C14H13F2NO3. The van der Waals surface area contributed by atoms with Crippen LogP contribution in [0, 0.1) is 17.0 Å². The smallest absolute Gasteiger partial charge is 0.319 e. The van der Waals surface area contributed by atoms with E-state index in [-0.39, 0.29) is 30.6 Å². The van der Waals surface area contributed by atoms with Crippen molar-refractivity contribution in [3.05, 3.63) is 34.9 Å². The SMILES string of the molecule is O=C(O)C1(C(=O)N2CCc3c(F)ccc(F)c3C2)CC1. The van der Waals surface area contributed by atoms with E-state index in [0.717, 1.165) is 12.1 Å². The van der Waals surface area contributed by atoms with Crippen molar-refractivity contribution in [2.75, 3.05) is 6.54 Å². The maximum atomic E-state index is 13.7. The summed E-state index contributed by atoms with van der Waals surface area (Å²) >= 11 is 0. The first-order valence-electron chi connectivity index (χ1n) is 6.44. The minimum Gasteiger partial charge on any atom is -0.480 e. The summed E-state index contributed by atoms with van der Waals surface area (Å²) < 4.78 is 27.3. The molecule has 1 aromatic carbocycles. The second-order valence-corrected chi connectivity index (χ2v) is 5.35. The van der Waals surface area contributed by atoms with Gasteiger partial charge in [-0.1, -0.05) is 0 Å². The van der Waals surface area contributed by atoms with Gasteiger partial charge in [0.1, 0.15) is 17.0 Å². The molecule has 106 valence electrons. The number of nitrogens with zero attached hydrogens (tertiary/aromatic N) is 1. The Balaban J connectivity index is 1.88. The predicted molar refractivity (Wildman–Crippen MR) is 64.8 cm³/mol. The molecule has 1 heterocycles. The molecule has 1 amide bonds. The normalized spacial score (nSPS) is 19.4. The summed E-state index contributed by atoms with van der Waals surface area (Å²) in [5.74, 6) is -2.65. The zero-order valence-corrected chi connectivity index (χ0v) is 10.7. The molecule has 0 radical (unpaired) electrons. The van der Waals surface area contributed by atoms with E-state index in [4.69, 9.17) is 5.11 Å². The van der Waals surface area contributed by atoms with Crippen LogP contribution in [0.5, 0.6) is 0 Å². The third-order valence-electron chi connectivity index (χ3n) is 4.15. The average Bonchev–Trinajstić information content (AvgIpc) is 3.23. The molecule has 20 heavy (non-hydrogen) atoms. The highest BCUT2D eigenvalue weighted by molar-refractivity contribution is 6.04. The Morgan fingerprint density at radius 1 is 1.15 bits per heavy atom. The van der Waals surface area contributed by atoms with Gasteiger partial charge in [-0.05, 0) is 37.0 Å². The zero-order valence-electron chi connectivity index (χ0n) is 10.7. The molecule has 1 N–H and O–H groups in total. The second-order valence-electron chi connectivity index (χ2n) is 5.35. The molecule has 0 bridgehead atoms. The minimum absolute atomic E-state index is 0.0627. The fourth-order valence-corrected chi connectivity index (χ4v) is 2.71. The van der Waals surface area contributed by atoms with Crippen LogP contribution in [0.15, 0.2) is 12.1 Å². The summed E-state index contributed by atoms with van der Waals surface area (Å²) in [6, 6.07) is 2.11. The lowest BCUT2D eigenvalue weighted by atomic mass is 9.96. The first kappa shape index (κ1) is 13.0. The summed E-state index contributed by atoms with van der Waals surface area (Å²) in [5, 5.41) is 9.12. The van der Waals surface area contributed by atoms with Crippen molar-refractivity contribution in [3.63, 3.8) is 0 Å². The van der Waals surface area contributed by atoms with Crippen LogP contribution in [-0.2, 0) is 22.6 Å². The average molecular weight is 281 g/mol. The lowest BCUT2D eigenvalue weighted by Gasteiger charge is -2.31. The highest BCUT2D eigenvalue weighted by Crippen LogP contribution is 2.48. The van der Waals surface area contributed by atoms with Gasteiger partial charge in [0.05, 0.1) is 0 Å². The molecule has 6 heteroatoms. The Labute approximate surface area is 114 Å². The van der Waals surface area contributed by atoms with Crippen molar-refractivity contribution in [2.24, 2.45) is 5.41 Å². The van der Waals surface area contributed by atoms with Crippen LogP contribution >= 0.6 is 0 Å². The van der Waals surface area contributed by atoms with Gasteiger partial charge in [0, 0.05) is 18.7 Å². The maximum Gasteiger partial charge on any atom is 0.319 e. The Bertz CT molecular complexity index is 611. The van der Waals surface area contributed by atoms with Crippen LogP contribution in [0.1, 0.15) is 24.0 Å². The number of amides is 1. The zero-order chi connectivity index (χ0) is 14.5. The fraction of sp³-hybridized carbons (Fsp3) is 0.429. The first-order valence-corrected chi connectivity index (χ1v) is 6.44. The van der Waals surface area contributed by atoms with Crippen LogP contribution in [0.25, 0.3) is 0 Å². The molecule has 3 rings (SSSR count). The third kappa shape index (κ3) is 1.78. The molecule has 4 nitrogen and oxygen atoms in total. The lowest BCUT2D eigenvalue weighted by Crippen LogP contribution is -2.43. The standard InChI is InChI=1S/C14H13F2NO3/c15-10-1-2-11(16)9-7-17(6-3-8(9)10)12(18)14(4-5-14)13(19)20/h1-2H,3-7H2,(H,19,20). The number of halogens is 2. The molecule has 0 unspecified atom stereocenters. The number of aliphatic carboxylic acids is 1. The van der Waals surface area contributed by atoms with Crippen molar-refractivity contribution in [1.82, 2.24) is 4.90 Å². The largest absolute Gasteiger partial charge is 0.480 e. The predicted octanol–water partition coefficient (Wildman–Crippen LogP) is 1.71. The van der Waals surface area contributed by atoms with Gasteiger partial charge in [0.15, 0.2) is 0 Å². The molecule has 0 atom stereocenters. The first-order chi connectivity index (χ1) is 9.45. The molecule has 1 aliphatic carbocycles. The van der Waals surface area contributed by atoms with Crippen LogP contribution in [0.4, 0.5) is 8.78 Å². The number of carboxylic acid groups (broad SMARTS) is 1. The van der Waals surface area contributed by atoms with Gasteiger partial charge in [0.2, 0.25) is 5.91 Å². The molecule has 1 aliphatic heterocycles. The number of fused-ring (bicyclic) bond motifs is 1. The van der Waals surface area contributed by atoms with E-state index in [2.05, 4.69) is 0 Å². The van der Waals surface area contributed by atoms with Gasteiger partial charge in [0.25, 0.3) is 0 Å². The summed E-state index contributed by atoms with van der Waals surface area (Å²) in [6.07, 6.45) is 0.840. The summed E-state index contributed by atoms with van der Waals surface area (Å²) in [7, 11) is 0. The summed E-state index contributed by atoms with van der Waals surface area (Å²) in [6.45, 7) is 0.161. The number of hydrogen-bond acceptors (Lipinski definition) is 2. The molecule has 0 spiro atoms. The van der Waals surface area contributed by atoms with Crippen molar-refractivity contribution in [3.8, 4) is 0 Å². The van der Waals surface area contributed by atoms with Gasteiger partial charge in [-0.15, -0.1) is 0 Å².